The lowest BCUT2D eigenvalue weighted by Crippen LogP contribution is -2.40. The highest BCUT2D eigenvalue weighted by molar-refractivity contribution is 7.89. The normalized spacial score (nSPS) is 24.8. The van der Waals surface area contributed by atoms with E-state index in [1.807, 2.05) is 0 Å². The van der Waals surface area contributed by atoms with Crippen LogP contribution in [-0.4, -0.2) is 51.0 Å². The predicted octanol–water partition coefficient (Wildman–Crippen LogP) is 3.03. The summed E-state index contributed by atoms with van der Waals surface area (Å²) >= 11 is 0. The van der Waals surface area contributed by atoms with Gasteiger partial charge in [0.2, 0.25) is 5.09 Å². The summed E-state index contributed by atoms with van der Waals surface area (Å²) in [6.07, 6.45) is 5.24. The van der Waals surface area contributed by atoms with E-state index in [1.54, 1.807) is 0 Å². The molecule has 8 heteroatoms. The lowest BCUT2D eigenvalue weighted by molar-refractivity contribution is 0.0722. The molecule has 28 heavy (non-hydrogen) atoms. The summed E-state index contributed by atoms with van der Waals surface area (Å²) in [6.45, 7) is 8.18. The van der Waals surface area contributed by atoms with Gasteiger partial charge in [0.05, 0.1) is 13.2 Å². The van der Waals surface area contributed by atoms with Gasteiger partial charge in [-0.25, -0.2) is 8.42 Å². The number of furan rings is 1. The number of ether oxygens (including phenoxy) is 1. The molecule has 0 radical (unpaired) electrons. The van der Waals surface area contributed by atoms with Crippen molar-refractivity contribution >= 4 is 15.9 Å². The molecule has 0 spiro atoms. The van der Waals surface area contributed by atoms with E-state index in [0.717, 1.165) is 32.1 Å². The van der Waals surface area contributed by atoms with Gasteiger partial charge in [0.1, 0.15) is 0 Å². The topological polar surface area (TPSA) is 88.9 Å². The monoisotopic (exact) mass is 412 g/mol. The fourth-order valence-corrected chi connectivity index (χ4v) is 5.38. The Kier molecular flexibility index (Phi) is 6.51. The first kappa shape index (κ1) is 21.3. The molecule has 1 aliphatic carbocycles. The Labute approximate surface area is 167 Å². The van der Waals surface area contributed by atoms with E-state index in [0.29, 0.717) is 37.6 Å². The molecule has 1 saturated carbocycles. The molecule has 1 aromatic heterocycles. The predicted molar refractivity (Wildman–Crippen MR) is 106 cm³/mol. The smallest absolute Gasteiger partial charge is 0.287 e. The average molecular weight is 413 g/mol. The number of sulfonamides is 1. The van der Waals surface area contributed by atoms with Crippen LogP contribution in [0.25, 0.3) is 0 Å². The van der Waals surface area contributed by atoms with E-state index in [9.17, 15) is 13.2 Å². The van der Waals surface area contributed by atoms with Crippen LogP contribution in [-0.2, 0) is 14.8 Å². The van der Waals surface area contributed by atoms with Crippen molar-refractivity contribution in [3.05, 3.63) is 17.9 Å². The molecule has 158 valence electrons. The third-order valence-corrected chi connectivity index (χ3v) is 8.22. The second-order valence-electron chi connectivity index (χ2n) is 8.50. The zero-order valence-electron chi connectivity index (χ0n) is 17.1. The Morgan fingerprint density at radius 2 is 1.82 bits per heavy atom. The van der Waals surface area contributed by atoms with E-state index >= 15 is 0 Å². The van der Waals surface area contributed by atoms with Crippen molar-refractivity contribution in [1.29, 1.82) is 0 Å². The molecule has 1 amide bonds. The van der Waals surface area contributed by atoms with Crippen LogP contribution in [0, 0.1) is 11.3 Å². The van der Waals surface area contributed by atoms with Crippen molar-refractivity contribution in [3.8, 4) is 0 Å². The number of carbonyl (C=O) groups is 1. The highest BCUT2D eigenvalue weighted by Crippen LogP contribution is 2.40. The summed E-state index contributed by atoms with van der Waals surface area (Å²) in [5, 5.41) is 2.82. The Balaban J connectivity index is 1.58. The van der Waals surface area contributed by atoms with Crippen molar-refractivity contribution in [1.82, 2.24) is 9.62 Å². The number of morpholine rings is 1. The lowest BCUT2D eigenvalue weighted by atomic mass is 9.69. The zero-order valence-corrected chi connectivity index (χ0v) is 17.9. The molecular weight excluding hydrogens is 380 g/mol. The summed E-state index contributed by atoms with van der Waals surface area (Å²) in [7, 11) is -3.73. The molecule has 2 fully saturated rings. The van der Waals surface area contributed by atoms with Gasteiger partial charge in [-0.1, -0.05) is 27.2 Å². The SMILES string of the molecule is CCC(C)(C)C1CCC(NC(=O)c2ccc(S(=O)(=O)N3CCOCC3)o2)CC1. The van der Waals surface area contributed by atoms with Gasteiger partial charge in [-0.05, 0) is 49.1 Å². The summed E-state index contributed by atoms with van der Waals surface area (Å²) in [4.78, 5) is 12.5. The maximum atomic E-state index is 12.6. The molecule has 7 nitrogen and oxygen atoms in total. The second kappa shape index (κ2) is 8.55. The third-order valence-electron chi connectivity index (χ3n) is 6.45. The maximum Gasteiger partial charge on any atom is 0.287 e. The maximum absolute atomic E-state index is 12.6. The Bertz CT molecular complexity index is 772. The molecule has 2 aliphatic rings. The van der Waals surface area contributed by atoms with Gasteiger partial charge in [-0.3, -0.25) is 4.79 Å². The number of rotatable bonds is 6. The Hall–Kier alpha value is -1.38. The van der Waals surface area contributed by atoms with Crippen LogP contribution in [0.2, 0.25) is 0 Å². The summed E-state index contributed by atoms with van der Waals surface area (Å²) in [5.74, 6) is 0.379. The van der Waals surface area contributed by atoms with Gasteiger partial charge in [0.25, 0.3) is 15.9 Å². The first-order chi connectivity index (χ1) is 13.2. The number of amides is 1. The minimum atomic E-state index is -3.73. The van der Waals surface area contributed by atoms with Crippen molar-refractivity contribution in [2.75, 3.05) is 26.3 Å². The second-order valence-corrected chi connectivity index (χ2v) is 10.4. The first-order valence-electron chi connectivity index (χ1n) is 10.2. The number of hydrogen-bond acceptors (Lipinski definition) is 5. The van der Waals surface area contributed by atoms with Gasteiger partial charge >= 0.3 is 0 Å². The third kappa shape index (κ3) is 4.60. The van der Waals surface area contributed by atoms with Gasteiger partial charge in [-0.2, -0.15) is 4.31 Å². The van der Waals surface area contributed by atoms with Gasteiger partial charge in [0.15, 0.2) is 5.76 Å². The summed E-state index contributed by atoms with van der Waals surface area (Å²) < 4.78 is 37.2. The molecule has 1 aromatic rings. The summed E-state index contributed by atoms with van der Waals surface area (Å²) in [6, 6.07) is 2.91. The average Bonchev–Trinajstić information content (AvgIpc) is 3.20. The Morgan fingerprint density at radius 3 is 2.43 bits per heavy atom. The van der Waals surface area contributed by atoms with Crippen LogP contribution in [0.3, 0.4) is 0 Å². The molecule has 1 saturated heterocycles. The fourth-order valence-electron chi connectivity index (χ4n) is 4.06. The molecule has 0 unspecified atom stereocenters. The zero-order chi connectivity index (χ0) is 20.4. The van der Waals surface area contributed by atoms with Gasteiger partial charge in [-0.15, -0.1) is 0 Å². The van der Waals surface area contributed by atoms with Crippen LogP contribution >= 0.6 is 0 Å². The number of carbonyl (C=O) groups excluding carboxylic acids is 1. The number of nitrogens with zero attached hydrogens (tertiary/aromatic N) is 1. The van der Waals surface area contributed by atoms with E-state index in [4.69, 9.17) is 9.15 Å². The van der Waals surface area contributed by atoms with Crippen molar-refractivity contribution < 1.29 is 22.4 Å². The molecule has 2 heterocycles. The van der Waals surface area contributed by atoms with Crippen molar-refractivity contribution in [2.45, 2.75) is 64.0 Å². The van der Waals surface area contributed by atoms with Gasteiger partial charge < -0.3 is 14.5 Å². The molecule has 3 rings (SSSR count). The minimum Gasteiger partial charge on any atom is -0.438 e. The molecule has 0 atom stereocenters. The van der Waals surface area contributed by atoms with Gasteiger partial charge in [0, 0.05) is 19.1 Å². The number of hydrogen-bond donors (Lipinski definition) is 1. The van der Waals surface area contributed by atoms with E-state index in [-0.39, 0.29) is 22.8 Å². The largest absolute Gasteiger partial charge is 0.438 e. The van der Waals surface area contributed by atoms with E-state index < -0.39 is 10.0 Å². The molecule has 1 N–H and O–H groups in total. The quantitative estimate of drug-likeness (QED) is 0.776. The Morgan fingerprint density at radius 1 is 1.18 bits per heavy atom. The first-order valence-corrected chi connectivity index (χ1v) is 11.7. The summed E-state index contributed by atoms with van der Waals surface area (Å²) in [5.41, 5.74) is 0.332. The van der Waals surface area contributed by atoms with E-state index in [2.05, 4.69) is 26.1 Å². The molecular formula is C20H32N2O5S. The van der Waals surface area contributed by atoms with Crippen LogP contribution in [0.15, 0.2) is 21.6 Å². The van der Waals surface area contributed by atoms with Crippen molar-refractivity contribution in [2.24, 2.45) is 11.3 Å². The van der Waals surface area contributed by atoms with Crippen LogP contribution in [0.5, 0.6) is 0 Å². The fraction of sp³-hybridized carbons (Fsp3) is 0.750. The van der Waals surface area contributed by atoms with Crippen LogP contribution in [0.4, 0.5) is 0 Å². The molecule has 1 aliphatic heterocycles. The minimum absolute atomic E-state index is 0.0443. The van der Waals surface area contributed by atoms with Crippen LogP contribution in [0.1, 0.15) is 63.4 Å². The van der Waals surface area contributed by atoms with Crippen LogP contribution < -0.4 is 5.32 Å². The highest BCUT2D eigenvalue weighted by atomic mass is 32.2. The molecule has 0 bridgehead atoms. The van der Waals surface area contributed by atoms with E-state index in [1.165, 1.54) is 16.4 Å². The standard InChI is InChI=1S/C20H32N2O5S/c1-4-20(2,3)15-5-7-16(8-6-15)21-19(23)17-9-10-18(27-17)28(24,25)22-11-13-26-14-12-22/h9-10,15-16H,4-8,11-14H2,1-3H3,(H,21,23). The number of nitrogens with one attached hydrogen (secondary N) is 1. The lowest BCUT2D eigenvalue weighted by Gasteiger charge is -2.39. The highest BCUT2D eigenvalue weighted by Gasteiger charge is 2.33. The van der Waals surface area contributed by atoms with Crippen molar-refractivity contribution in [3.63, 3.8) is 0 Å². The molecule has 0 aromatic carbocycles.